The molecule has 124 valence electrons. The van der Waals surface area contributed by atoms with Gasteiger partial charge in [0.2, 0.25) is 0 Å². The summed E-state index contributed by atoms with van der Waals surface area (Å²) >= 11 is 0. The van der Waals surface area contributed by atoms with Gasteiger partial charge in [-0.15, -0.1) is 0 Å². The van der Waals surface area contributed by atoms with Gasteiger partial charge in [0.15, 0.2) is 0 Å². The molecule has 0 bridgehead atoms. The number of rotatable bonds is 2. The van der Waals surface area contributed by atoms with Crippen molar-refractivity contribution in [2.45, 2.75) is 67.2 Å². The molecular formula is C18H42N2. The molecule has 1 aliphatic heterocycles. The molecule has 0 aromatic heterocycles. The maximum atomic E-state index is 2.40. The first-order valence-corrected chi connectivity index (χ1v) is 8.74. The molecule has 2 nitrogen and oxygen atoms in total. The summed E-state index contributed by atoms with van der Waals surface area (Å²) in [6, 6.07) is 0. The molecule has 2 fully saturated rings. The van der Waals surface area contributed by atoms with Gasteiger partial charge in [0, 0.05) is 6.54 Å². The molecule has 1 heterocycles. The lowest BCUT2D eigenvalue weighted by Gasteiger charge is -2.26. The highest BCUT2D eigenvalue weighted by atomic mass is 15.1. The van der Waals surface area contributed by atoms with Gasteiger partial charge in [-0.2, -0.15) is 0 Å². The van der Waals surface area contributed by atoms with E-state index in [0.717, 1.165) is 5.92 Å². The van der Waals surface area contributed by atoms with Gasteiger partial charge in [0.1, 0.15) is 0 Å². The van der Waals surface area contributed by atoms with Crippen LogP contribution < -0.4 is 0 Å². The Hall–Kier alpha value is -0.0800. The monoisotopic (exact) mass is 286 g/mol. The third-order valence-electron chi connectivity index (χ3n) is 3.81. The van der Waals surface area contributed by atoms with Gasteiger partial charge in [-0.25, -0.2) is 0 Å². The predicted octanol–water partition coefficient (Wildman–Crippen LogP) is 4.75. The summed E-state index contributed by atoms with van der Waals surface area (Å²) in [5, 5.41) is 0. The van der Waals surface area contributed by atoms with E-state index in [1.807, 2.05) is 27.7 Å². The van der Waals surface area contributed by atoms with E-state index >= 15 is 0 Å². The first-order valence-electron chi connectivity index (χ1n) is 8.74. The van der Waals surface area contributed by atoms with Crippen molar-refractivity contribution in [2.24, 2.45) is 11.3 Å². The maximum absolute atomic E-state index is 2.40. The highest BCUT2D eigenvalue weighted by molar-refractivity contribution is 4.89. The molecule has 0 N–H and O–H groups in total. The van der Waals surface area contributed by atoms with Crippen molar-refractivity contribution in [1.82, 2.24) is 9.80 Å². The second-order valence-electron chi connectivity index (χ2n) is 6.53. The predicted molar refractivity (Wildman–Crippen MR) is 94.5 cm³/mol. The van der Waals surface area contributed by atoms with E-state index < -0.39 is 0 Å². The zero-order chi connectivity index (χ0) is 16.2. The molecule has 2 aliphatic rings. The zero-order valence-electron chi connectivity index (χ0n) is 15.9. The molecule has 20 heavy (non-hydrogen) atoms. The van der Waals surface area contributed by atoms with Gasteiger partial charge in [0.05, 0.1) is 0 Å². The van der Waals surface area contributed by atoms with Crippen molar-refractivity contribution in [3.8, 4) is 0 Å². The summed E-state index contributed by atoms with van der Waals surface area (Å²) in [5.41, 5.74) is 0.698. The fourth-order valence-corrected chi connectivity index (χ4v) is 2.27. The van der Waals surface area contributed by atoms with Crippen LogP contribution in [0.15, 0.2) is 0 Å². The lowest BCUT2D eigenvalue weighted by molar-refractivity contribution is 0.230. The minimum atomic E-state index is 0.698. The van der Waals surface area contributed by atoms with Gasteiger partial charge in [-0.05, 0) is 71.2 Å². The quantitative estimate of drug-likeness (QED) is 0.723. The molecular weight excluding hydrogens is 244 g/mol. The standard InChI is InChI=1S/2C7H15N.2C2H6/c1-7(4-5-7)6-8(2)3;1-7-3-5-8(2)6-4-7;2*1-2/h4-6H2,1-3H3;7H,3-6H2,1-2H3;2*1-2H3. The van der Waals surface area contributed by atoms with E-state index in [1.165, 1.54) is 45.3 Å². The van der Waals surface area contributed by atoms with Crippen molar-refractivity contribution in [3.63, 3.8) is 0 Å². The van der Waals surface area contributed by atoms with E-state index in [0.29, 0.717) is 5.41 Å². The number of hydrogen-bond acceptors (Lipinski definition) is 2. The normalized spacial score (nSPS) is 20.7. The summed E-state index contributed by atoms with van der Waals surface area (Å²) in [4.78, 5) is 4.67. The molecule has 1 saturated heterocycles. The van der Waals surface area contributed by atoms with Crippen molar-refractivity contribution >= 4 is 0 Å². The zero-order valence-corrected chi connectivity index (χ0v) is 15.9. The van der Waals surface area contributed by atoms with E-state index in [-0.39, 0.29) is 0 Å². The van der Waals surface area contributed by atoms with E-state index in [9.17, 15) is 0 Å². The van der Waals surface area contributed by atoms with Gasteiger partial charge < -0.3 is 9.80 Å². The van der Waals surface area contributed by atoms with Crippen LogP contribution in [0, 0.1) is 11.3 Å². The Morgan fingerprint density at radius 1 is 1.00 bits per heavy atom. The highest BCUT2D eigenvalue weighted by Crippen LogP contribution is 2.44. The number of likely N-dealkylation sites (tertiary alicyclic amines) is 1. The topological polar surface area (TPSA) is 6.48 Å². The largest absolute Gasteiger partial charge is 0.309 e. The number of nitrogens with zero attached hydrogens (tertiary/aromatic N) is 2. The maximum Gasteiger partial charge on any atom is 0.00292 e. The molecule has 0 aromatic rings. The number of piperidine rings is 1. The van der Waals surface area contributed by atoms with Gasteiger partial charge >= 0.3 is 0 Å². The third-order valence-corrected chi connectivity index (χ3v) is 3.81. The van der Waals surface area contributed by atoms with E-state index in [4.69, 9.17) is 0 Å². The highest BCUT2D eigenvalue weighted by Gasteiger charge is 2.37. The van der Waals surface area contributed by atoms with Crippen LogP contribution in [0.5, 0.6) is 0 Å². The third kappa shape index (κ3) is 12.9. The van der Waals surface area contributed by atoms with Gasteiger partial charge in [-0.3, -0.25) is 0 Å². The molecule has 1 aliphatic carbocycles. The summed E-state index contributed by atoms with van der Waals surface area (Å²) in [6.07, 6.45) is 5.67. The first-order chi connectivity index (χ1) is 9.41. The van der Waals surface area contributed by atoms with Crippen LogP contribution in [0.1, 0.15) is 67.2 Å². The molecule has 0 spiro atoms. The van der Waals surface area contributed by atoms with Crippen LogP contribution in [0.3, 0.4) is 0 Å². The van der Waals surface area contributed by atoms with Crippen LogP contribution in [0.2, 0.25) is 0 Å². The van der Waals surface area contributed by atoms with Gasteiger partial charge in [-0.1, -0.05) is 41.5 Å². The molecule has 2 heteroatoms. The van der Waals surface area contributed by atoms with Gasteiger partial charge in [0.25, 0.3) is 0 Å². The Labute approximate surface area is 129 Å². The van der Waals surface area contributed by atoms with Crippen LogP contribution >= 0.6 is 0 Å². The Bertz CT molecular complexity index is 180. The smallest absolute Gasteiger partial charge is 0.00292 e. The molecule has 0 unspecified atom stereocenters. The lowest BCUT2D eigenvalue weighted by Crippen LogP contribution is -2.28. The van der Waals surface area contributed by atoms with E-state index in [2.05, 4.69) is 44.8 Å². The molecule has 0 radical (unpaired) electrons. The Morgan fingerprint density at radius 2 is 1.40 bits per heavy atom. The molecule has 0 aromatic carbocycles. The minimum absolute atomic E-state index is 0.698. The summed E-state index contributed by atoms with van der Waals surface area (Å²) in [7, 11) is 6.49. The summed E-state index contributed by atoms with van der Waals surface area (Å²) in [5.74, 6) is 0.978. The minimum Gasteiger partial charge on any atom is -0.309 e. The fraction of sp³-hybridized carbons (Fsp3) is 1.00. The van der Waals surface area contributed by atoms with Crippen molar-refractivity contribution in [3.05, 3.63) is 0 Å². The SMILES string of the molecule is CC.CC.CC1CCN(C)CC1.CN(C)CC1(C)CC1. The average Bonchev–Trinajstić information content (AvgIpc) is 3.15. The Kier molecular flexibility index (Phi) is 14.0. The van der Waals surface area contributed by atoms with Crippen LogP contribution in [-0.4, -0.2) is 50.6 Å². The van der Waals surface area contributed by atoms with E-state index in [1.54, 1.807) is 0 Å². The molecule has 1 saturated carbocycles. The molecule has 2 rings (SSSR count). The molecule has 0 atom stereocenters. The fourth-order valence-electron chi connectivity index (χ4n) is 2.27. The lowest BCUT2D eigenvalue weighted by atomic mass is 10.00. The molecule has 0 amide bonds. The second kappa shape index (κ2) is 12.6. The summed E-state index contributed by atoms with van der Waals surface area (Å²) < 4.78 is 0. The average molecular weight is 287 g/mol. The van der Waals surface area contributed by atoms with Crippen LogP contribution in [0.4, 0.5) is 0 Å². The summed E-state index contributed by atoms with van der Waals surface area (Å²) in [6.45, 7) is 16.6. The van der Waals surface area contributed by atoms with Crippen LogP contribution in [0.25, 0.3) is 0 Å². The van der Waals surface area contributed by atoms with Crippen LogP contribution in [-0.2, 0) is 0 Å². The van der Waals surface area contributed by atoms with Crippen molar-refractivity contribution in [2.75, 3.05) is 40.8 Å². The first kappa shape index (κ1) is 22.2. The Balaban J connectivity index is 0. The Morgan fingerprint density at radius 3 is 1.60 bits per heavy atom. The second-order valence-corrected chi connectivity index (χ2v) is 6.53. The van der Waals surface area contributed by atoms with Crippen molar-refractivity contribution in [1.29, 1.82) is 0 Å². The van der Waals surface area contributed by atoms with Crippen molar-refractivity contribution < 1.29 is 0 Å². The number of hydrogen-bond donors (Lipinski definition) is 0.